The van der Waals surface area contributed by atoms with Crippen LogP contribution in [0.15, 0.2) is 48.6 Å². The Kier molecular flexibility index (Phi) is 8.45. The van der Waals surface area contributed by atoms with Gasteiger partial charge in [-0.2, -0.15) is 0 Å². The van der Waals surface area contributed by atoms with Crippen molar-refractivity contribution in [3.8, 4) is 5.75 Å². The number of carbonyl (C=O) groups excluding carboxylic acids is 1. The predicted molar refractivity (Wildman–Crippen MR) is 178 cm³/mol. The number of ether oxygens (including phenoxy) is 2. The zero-order valence-corrected chi connectivity index (χ0v) is 27.9. The number of aryl methyl sites for hydroxylation is 1. The Bertz CT molecular complexity index is 1590. The number of fused-ring (bicyclic) bond motifs is 4. The summed E-state index contributed by atoms with van der Waals surface area (Å²) in [6.07, 6.45) is 12.8. The number of rotatable bonds is 3. The molecule has 2 aromatic rings. The zero-order valence-electron chi connectivity index (χ0n) is 26.3. The fourth-order valence-electron chi connectivity index (χ4n) is 8.38. The number of sulfonamides is 1. The minimum atomic E-state index is -3.90. The Hall–Kier alpha value is -2.55. The summed E-state index contributed by atoms with van der Waals surface area (Å²) in [5, 5.41) is 0.119. The van der Waals surface area contributed by atoms with Gasteiger partial charge in [-0.05, 0) is 110 Å². The van der Waals surface area contributed by atoms with Crippen molar-refractivity contribution in [3.05, 3.63) is 70.3 Å². The van der Waals surface area contributed by atoms with E-state index in [4.69, 9.17) is 21.1 Å². The third-order valence-corrected chi connectivity index (χ3v) is 13.4. The summed E-state index contributed by atoms with van der Waals surface area (Å²) in [6.45, 7) is 4.07. The molecule has 9 heteroatoms. The summed E-state index contributed by atoms with van der Waals surface area (Å²) in [5.74, 6) is 1.22. The monoisotopic (exact) mass is 652 g/mol. The normalized spacial score (nSPS) is 33.5. The van der Waals surface area contributed by atoms with Crippen molar-refractivity contribution in [2.24, 2.45) is 23.7 Å². The van der Waals surface area contributed by atoms with E-state index in [-0.39, 0.29) is 17.4 Å². The highest BCUT2D eigenvalue weighted by Crippen LogP contribution is 2.47. The molecule has 1 amide bonds. The number of nitrogens with zero attached hydrogens (tertiary/aromatic N) is 1. The van der Waals surface area contributed by atoms with Gasteiger partial charge in [0.05, 0.1) is 23.6 Å². The average molecular weight is 653 g/mol. The van der Waals surface area contributed by atoms with Crippen LogP contribution in [0.1, 0.15) is 79.8 Å². The van der Waals surface area contributed by atoms with E-state index in [2.05, 4.69) is 33.9 Å². The van der Waals surface area contributed by atoms with Crippen molar-refractivity contribution in [1.82, 2.24) is 4.72 Å². The number of anilines is 1. The SMILES string of the molecule is CO[C@H]1/C=C/C[C@H](C)[C@H](CC2CC2)S(=O)(=O)NC(=O)c2ccc3c(c2)N(C[C@@H]2CC[C@H]21)C[C@@]1(CCCc2cc(Cl)ccc21)CO3. The van der Waals surface area contributed by atoms with E-state index >= 15 is 0 Å². The summed E-state index contributed by atoms with van der Waals surface area (Å²) >= 11 is 6.43. The Morgan fingerprint density at radius 2 is 1.98 bits per heavy atom. The molecule has 2 bridgehead atoms. The maximum Gasteiger partial charge on any atom is 0.264 e. The van der Waals surface area contributed by atoms with Crippen LogP contribution >= 0.6 is 11.6 Å². The number of carbonyl (C=O) groups is 1. The quantitative estimate of drug-likeness (QED) is 0.373. The van der Waals surface area contributed by atoms with Crippen molar-refractivity contribution in [2.75, 3.05) is 31.7 Å². The van der Waals surface area contributed by atoms with E-state index in [0.717, 1.165) is 74.5 Å². The molecule has 2 heterocycles. The lowest BCUT2D eigenvalue weighted by Crippen LogP contribution is -2.49. The second kappa shape index (κ2) is 12.2. The van der Waals surface area contributed by atoms with Crippen LogP contribution in [0.4, 0.5) is 5.69 Å². The van der Waals surface area contributed by atoms with Crippen molar-refractivity contribution in [1.29, 1.82) is 0 Å². The maximum absolute atomic E-state index is 13.8. The summed E-state index contributed by atoms with van der Waals surface area (Å²) in [4.78, 5) is 16.1. The second-order valence-corrected chi connectivity index (χ2v) is 16.7. The number of allylic oxidation sites excluding steroid dienone is 1. The van der Waals surface area contributed by atoms with Gasteiger partial charge >= 0.3 is 0 Å². The minimum Gasteiger partial charge on any atom is -0.490 e. The number of halogens is 1. The zero-order chi connectivity index (χ0) is 31.3. The molecule has 242 valence electrons. The van der Waals surface area contributed by atoms with Crippen LogP contribution in [0.2, 0.25) is 5.02 Å². The fraction of sp³-hybridized carbons (Fsp3) is 0.583. The van der Waals surface area contributed by atoms with Gasteiger partial charge in [-0.1, -0.05) is 49.6 Å². The maximum atomic E-state index is 13.8. The summed E-state index contributed by atoms with van der Waals surface area (Å²) in [5.41, 5.74) is 3.53. The molecule has 0 radical (unpaired) electrons. The topological polar surface area (TPSA) is 84.9 Å². The number of amides is 1. The van der Waals surface area contributed by atoms with E-state index in [1.807, 2.05) is 25.1 Å². The van der Waals surface area contributed by atoms with E-state index in [1.54, 1.807) is 13.2 Å². The Morgan fingerprint density at radius 3 is 2.73 bits per heavy atom. The minimum absolute atomic E-state index is 0.0254. The second-order valence-electron chi connectivity index (χ2n) is 14.3. The standard InChI is InChI=1S/C36H45ClN2O5S/c1-23-5-3-7-32(43-2)29-13-10-27(29)20-39-21-36(16-4-6-25-18-28(37)12-14-30(25)36)22-44-33-15-11-26(19-31(33)39)35(40)38-45(41,42)34(23)17-24-8-9-24/h3,7,11-12,14-15,18-19,23-24,27,29,32,34H,4-6,8-10,13,16-17,20-22H2,1-2H3,(H,38,40)/b7-3+/t23-,27-,29+,32-,34-,36-/m0/s1. The molecule has 2 saturated carbocycles. The number of methoxy groups -OCH3 is 1. The van der Waals surface area contributed by atoms with Crippen LogP contribution in [0.5, 0.6) is 5.75 Å². The Morgan fingerprint density at radius 1 is 1.13 bits per heavy atom. The lowest BCUT2D eigenvalue weighted by molar-refractivity contribution is 0.0131. The molecular formula is C36H45ClN2O5S. The van der Waals surface area contributed by atoms with Crippen LogP contribution in [0.3, 0.4) is 0 Å². The van der Waals surface area contributed by atoms with Gasteiger partial charge in [0.2, 0.25) is 10.0 Å². The summed E-state index contributed by atoms with van der Waals surface area (Å²) in [6, 6.07) is 11.7. The molecule has 3 aliphatic carbocycles. The lowest BCUT2D eigenvalue weighted by atomic mass is 9.68. The largest absolute Gasteiger partial charge is 0.490 e. The summed E-state index contributed by atoms with van der Waals surface area (Å²) in [7, 11) is -2.12. The molecule has 2 fully saturated rings. The van der Waals surface area contributed by atoms with Crippen molar-refractivity contribution in [3.63, 3.8) is 0 Å². The first kappa shape index (κ1) is 31.1. The molecule has 6 atom stereocenters. The fourth-order valence-corrected chi connectivity index (χ4v) is 10.3. The van der Waals surface area contributed by atoms with Gasteiger partial charge in [0.25, 0.3) is 5.91 Å². The van der Waals surface area contributed by atoms with Gasteiger partial charge in [-0.3, -0.25) is 4.79 Å². The van der Waals surface area contributed by atoms with Crippen molar-refractivity contribution in [2.45, 2.75) is 81.5 Å². The molecule has 45 heavy (non-hydrogen) atoms. The van der Waals surface area contributed by atoms with Gasteiger partial charge in [-0.15, -0.1) is 0 Å². The van der Waals surface area contributed by atoms with Crippen LogP contribution in [0, 0.1) is 23.7 Å². The van der Waals surface area contributed by atoms with Crippen LogP contribution in [-0.2, 0) is 26.6 Å². The molecule has 0 unspecified atom stereocenters. The number of benzene rings is 2. The molecule has 2 aromatic carbocycles. The average Bonchev–Trinajstić information content (AvgIpc) is 3.84. The van der Waals surface area contributed by atoms with E-state index in [0.29, 0.717) is 42.8 Å². The third kappa shape index (κ3) is 6.15. The van der Waals surface area contributed by atoms with E-state index < -0.39 is 21.2 Å². The third-order valence-electron chi connectivity index (χ3n) is 11.3. The molecule has 1 spiro atoms. The Balaban J connectivity index is 1.29. The number of nitrogens with one attached hydrogen (secondary N) is 1. The number of hydrogen-bond acceptors (Lipinski definition) is 6. The lowest BCUT2D eigenvalue weighted by Gasteiger charge is -2.46. The van der Waals surface area contributed by atoms with Crippen LogP contribution in [0.25, 0.3) is 0 Å². The van der Waals surface area contributed by atoms with Gasteiger partial charge < -0.3 is 14.4 Å². The predicted octanol–water partition coefficient (Wildman–Crippen LogP) is 6.68. The van der Waals surface area contributed by atoms with Gasteiger partial charge in [0, 0.05) is 36.2 Å². The smallest absolute Gasteiger partial charge is 0.264 e. The Labute approximate surface area is 272 Å². The van der Waals surface area contributed by atoms with Crippen molar-refractivity contribution < 1.29 is 22.7 Å². The highest BCUT2D eigenvalue weighted by Gasteiger charge is 2.45. The van der Waals surface area contributed by atoms with E-state index in [9.17, 15) is 13.2 Å². The highest BCUT2D eigenvalue weighted by atomic mass is 35.5. The first-order valence-electron chi connectivity index (χ1n) is 16.7. The molecule has 7 nitrogen and oxygen atoms in total. The van der Waals surface area contributed by atoms with Crippen LogP contribution in [-0.4, -0.2) is 52.5 Å². The first-order chi connectivity index (χ1) is 21.7. The molecule has 0 aromatic heterocycles. The van der Waals surface area contributed by atoms with Gasteiger partial charge in [-0.25, -0.2) is 13.1 Å². The number of hydrogen-bond donors (Lipinski definition) is 1. The van der Waals surface area contributed by atoms with Crippen molar-refractivity contribution >= 4 is 33.2 Å². The molecule has 0 saturated heterocycles. The molecule has 1 N–H and O–H groups in total. The molecule has 5 aliphatic rings. The highest BCUT2D eigenvalue weighted by molar-refractivity contribution is 7.90. The van der Waals surface area contributed by atoms with E-state index in [1.165, 1.54) is 11.1 Å². The molecule has 2 aliphatic heterocycles. The molecule has 7 rings (SSSR count). The first-order valence-corrected chi connectivity index (χ1v) is 18.6. The molecular weight excluding hydrogens is 608 g/mol. The summed E-state index contributed by atoms with van der Waals surface area (Å²) < 4.78 is 42.7. The van der Waals surface area contributed by atoms with Gasteiger partial charge in [0.1, 0.15) is 5.75 Å². The van der Waals surface area contributed by atoms with Gasteiger partial charge in [0.15, 0.2) is 0 Å². The van der Waals surface area contributed by atoms with Crippen LogP contribution < -0.4 is 14.4 Å².